The fraction of sp³-hybridized carbons (Fsp3) is 0.0526. The van der Waals surface area contributed by atoms with Crippen molar-refractivity contribution in [3.05, 3.63) is 78.4 Å². The summed E-state index contributed by atoms with van der Waals surface area (Å²) in [4.78, 5) is 16.8. The van der Waals surface area contributed by atoms with Crippen LogP contribution in [-0.4, -0.2) is 15.3 Å². The minimum Gasteiger partial charge on any atom is -0.461 e. The molecular formula is C19H14N2O3. The fourth-order valence-electron chi connectivity index (χ4n) is 2.60. The summed E-state index contributed by atoms with van der Waals surface area (Å²) in [6.07, 6.45) is 3.31. The third-order valence-corrected chi connectivity index (χ3v) is 3.85. The number of aromatic nitrogens is 2. The maximum Gasteiger partial charge on any atom is 0.228 e. The molecule has 3 aromatic heterocycles. The van der Waals surface area contributed by atoms with Gasteiger partial charge in [-0.05, 0) is 24.3 Å². The van der Waals surface area contributed by atoms with E-state index in [0.29, 0.717) is 28.7 Å². The van der Waals surface area contributed by atoms with Gasteiger partial charge in [-0.2, -0.15) is 0 Å². The van der Waals surface area contributed by atoms with E-state index in [9.17, 15) is 4.79 Å². The highest BCUT2D eigenvalue weighted by Crippen LogP contribution is 2.27. The van der Waals surface area contributed by atoms with Crippen molar-refractivity contribution in [2.24, 2.45) is 7.05 Å². The average molecular weight is 318 g/mol. The van der Waals surface area contributed by atoms with Crippen molar-refractivity contribution in [1.82, 2.24) is 9.55 Å². The predicted molar refractivity (Wildman–Crippen MR) is 88.5 cm³/mol. The molecule has 0 saturated carbocycles. The van der Waals surface area contributed by atoms with Gasteiger partial charge in [-0.3, -0.25) is 4.79 Å². The number of imidazole rings is 1. The number of rotatable bonds is 4. The van der Waals surface area contributed by atoms with E-state index in [2.05, 4.69) is 4.98 Å². The molecule has 0 atom stereocenters. The third-order valence-electron chi connectivity index (χ3n) is 3.85. The normalized spacial score (nSPS) is 10.9. The van der Waals surface area contributed by atoms with Crippen LogP contribution >= 0.6 is 0 Å². The van der Waals surface area contributed by atoms with E-state index in [-0.39, 0.29) is 5.78 Å². The van der Waals surface area contributed by atoms with Crippen molar-refractivity contribution in [2.75, 3.05) is 0 Å². The van der Waals surface area contributed by atoms with E-state index >= 15 is 0 Å². The van der Waals surface area contributed by atoms with Crippen LogP contribution in [0.4, 0.5) is 0 Å². The Morgan fingerprint density at radius 3 is 2.58 bits per heavy atom. The zero-order valence-corrected chi connectivity index (χ0v) is 13.0. The van der Waals surface area contributed by atoms with Gasteiger partial charge in [0.1, 0.15) is 5.69 Å². The number of ketones is 1. The van der Waals surface area contributed by atoms with Crippen molar-refractivity contribution < 1.29 is 13.6 Å². The summed E-state index contributed by atoms with van der Waals surface area (Å²) in [6.45, 7) is 0. The van der Waals surface area contributed by atoms with Crippen LogP contribution in [0.15, 0.2) is 75.9 Å². The lowest BCUT2D eigenvalue weighted by Gasteiger charge is -2.02. The van der Waals surface area contributed by atoms with Gasteiger partial charge in [-0.1, -0.05) is 30.3 Å². The standard InChI is InChI=1S/C19H14N2O3/c1-21-14(12-20-19(21)17-8-5-11-23-17)15-9-10-16(24-15)18(22)13-6-3-2-4-7-13/h2-12H,1H3. The van der Waals surface area contributed by atoms with Gasteiger partial charge < -0.3 is 13.4 Å². The molecule has 118 valence electrons. The summed E-state index contributed by atoms with van der Waals surface area (Å²) in [7, 11) is 1.88. The smallest absolute Gasteiger partial charge is 0.228 e. The first kappa shape index (κ1) is 14.3. The minimum atomic E-state index is -0.143. The number of carbonyl (C=O) groups is 1. The molecule has 0 spiro atoms. The Hall–Kier alpha value is -3.34. The number of nitrogens with zero attached hydrogens (tertiary/aromatic N) is 2. The van der Waals surface area contributed by atoms with Crippen LogP contribution in [0.3, 0.4) is 0 Å². The van der Waals surface area contributed by atoms with Gasteiger partial charge in [0.25, 0.3) is 0 Å². The Labute approximate surface area is 138 Å². The second-order valence-electron chi connectivity index (χ2n) is 5.36. The molecule has 0 unspecified atom stereocenters. The number of hydrogen-bond donors (Lipinski definition) is 0. The molecule has 0 aliphatic rings. The zero-order chi connectivity index (χ0) is 16.5. The Morgan fingerprint density at radius 2 is 1.83 bits per heavy atom. The molecule has 0 saturated heterocycles. The maximum absolute atomic E-state index is 12.4. The minimum absolute atomic E-state index is 0.143. The molecule has 4 rings (SSSR count). The van der Waals surface area contributed by atoms with Crippen molar-refractivity contribution >= 4 is 5.78 Å². The summed E-state index contributed by atoms with van der Waals surface area (Å²) in [5.41, 5.74) is 1.37. The van der Waals surface area contributed by atoms with Crippen LogP contribution in [-0.2, 0) is 7.05 Å². The first-order valence-electron chi connectivity index (χ1n) is 7.49. The van der Waals surface area contributed by atoms with Gasteiger partial charge in [0.2, 0.25) is 5.78 Å². The van der Waals surface area contributed by atoms with E-state index in [4.69, 9.17) is 8.83 Å². The van der Waals surface area contributed by atoms with Crippen molar-refractivity contribution in [3.63, 3.8) is 0 Å². The van der Waals surface area contributed by atoms with Crippen LogP contribution in [0.1, 0.15) is 16.1 Å². The highest BCUT2D eigenvalue weighted by atomic mass is 16.3. The van der Waals surface area contributed by atoms with Crippen LogP contribution in [0.5, 0.6) is 0 Å². The SMILES string of the molecule is Cn1c(-c2ccc(C(=O)c3ccccc3)o2)cnc1-c1ccco1. The molecule has 4 aromatic rings. The molecule has 3 heterocycles. The molecule has 0 fully saturated rings. The monoisotopic (exact) mass is 318 g/mol. The molecule has 0 radical (unpaired) electrons. The summed E-state index contributed by atoms with van der Waals surface area (Å²) >= 11 is 0. The van der Waals surface area contributed by atoms with Gasteiger partial charge >= 0.3 is 0 Å². The molecule has 0 aliphatic heterocycles. The van der Waals surface area contributed by atoms with E-state index < -0.39 is 0 Å². The van der Waals surface area contributed by atoms with Gasteiger partial charge in [0, 0.05) is 12.6 Å². The average Bonchev–Trinajstić information content (AvgIpc) is 3.35. The molecule has 24 heavy (non-hydrogen) atoms. The summed E-state index contributed by atoms with van der Waals surface area (Å²) < 4.78 is 13.0. The molecule has 0 bridgehead atoms. The van der Waals surface area contributed by atoms with E-state index in [1.807, 2.05) is 41.9 Å². The van der Waals surface area contributed by atoms with Gasteiger partial charge in [0.15, 0.2) is 23.1 Å². The molecule has 5 nitrogen and oxygen atoms in total. The number of hydrogen-bond acceptors (Lipinski definition) is 4. The van der Waals surface area contributed by atoms with E-state index in [1.54, 1.807) is 36.7 Å². The number of furan rings is 2. The second-order valence-corrected chi connectivity index (χ2v) is 5.36. The van der Waals surface area contributed by atoms with Crippen molar-refractivity contribution in [1.29, 1.82) is 0 Å². The lowest BCUT2D eigenvalue weighted by atomic mass is 10.1. The molecule has 0 amide bonds. The molecule has 0 aliphatic carbocycles. The summed E-state index contributed by atoms with van der Waals surface area (Å²) in [6, 6.07) is 16.2. The lowest BCUT2D eigenvalue weighted by Crippen LogP contribution is -1.98. The van der Waals surface area contributed by atoms with E-state index in [1.165, 1.54) is 0 Å². The predicted octanol–water partition coefficient (Wildman–Crippen LogP) is 4.17. The van der Waals surface area contributed by atoms with Gasteiger partial charge in [-0.25, -0.2) is 4.98 Å². The quantitative estimate of drug-likeness (QED) is 0.530. The third kappa shape index (κ3) is 2.36. The Bertz CT molecular complexity index is 979. The summed E-state index contributed by atoms with van der Waals surface area (Å²) in [5, 5.41) is 0. The van der Waals surface area contributed by atoms with E-state index in [0.717, 1.165) is 5.69 Å². The highest BCUT2D eigenvalue weighted by molar-refractivity contribution is 6.07. The fourth-order valence-corrected chi connectivity index (χ4v) is 2.60. The first-order chi connectivity index (χ1) is 11.7. The van der Waals surface area contributed by atoms with Crippen molar-refractivity contribution in [3.8, 4) is 23.0 Å². The Morgan fingerprint density at radius 1 is 1.00 bits per heavy atom. The Kier molecular flexibility index (Phi) is 3.39. The molecule has 1 aromatic carbocycles. The lowest BCUT2D eigenvalue weighted by molar-refractivity contribution is 0.101. The van der Waals surface area contributed by atoms with Gasteiger partial charge in [-0.15, -0.1) is 0 Å². The molecule has 0 N–H and O–H groups in total. The van der Waals surface area contributed by atoms with Crippen LogP contribution < -0.4 is 0 Å². The largest absolute Gasteiger partial charge is 0.461 e. The highest BCUT2D eigenvalue weighted by Gasteiger charge is 2.18. The van der Waals surface area contributed by atoms with Crippen molar-refractivity contribution in [2.45, 2.75) is 0 Å². The van der Waals surface area contributed by atoms with Crippen LogP contribution in [0.2, 0.25) is 0 Å². The first-order valence-corrected chi connectivity index (χ1v) is 7.49. The van der Waals surface area contributed by atoms with Crippen LogP contribution in [0, 0.1) is 0 Å². The maximum atomic E-state index is 12.4. The van der Waals surface area contributed by atoms with Gasteiger partial charge in [0.05, 0.1) is 12.5 Å². The number of carbonyl (C=O) groups excluding carboxylic acids is 1. The molecular weight excluding hydrogens is 304 g/mol. The molecule has 5 heteroatoms. The number of benzene rings is 1. The second kappa shape index (κ2) is 5.70. The Balaban J connectivity index is 1.68. The topological polar surface area (TPSA) is 61.2 Å². The summed E-state index contributed by atoms with van der Waals surface area (Å²) in [5.74, 6) is 2.12. The van der Waals surface area contributed by atoms with Crippen LogP contribution in [0.25, 0.3) is 23.0 Å². The zero-order valence-electron chi connectivity index (χ0n) is 13.0.